The first-order valence-corrected chi connectivity index (χ1v) is 9.06. The van der Waals surface area contributed by atoms with Crippen molar-refractivity contribution >= 4 is 21.9 Å². The van der Waals surface area contributed by atoms with Crippen LogP contribution in [0.15, 0.2) is 45.7 Å². The van der Waals surface area contributed by atoms with Crippen molar-refractivity contribution in [1.29, 1.82) is 0 Å². The summed E-state index contributed by atoms with van der Waals surface area (Å²) in [5.74, 6) is -1.62. The molecule has 1 fully saturated rings. The first kappa shape index (κ1) is 17.2. The quantitative estimate of drug-likeness (QED) is 0.681. The van der Waals surface area contributed by atoms with Gasteiger partial charge >= 0.3 is 5.97 Å². The highest BCUT2D eigenvalue weighted by molar-refractivity contribution is 7.89. The average Bonchev–Trinajstić information content (AvgIpc) is 3.24. The smallest absolute Gasteiger partial charge is 0.371 e. The second-order valence-corrected chi connectivity index (χ2v) is 7.39. The topological polar surface area (TPSA) is 126 Å². The Hall–Kier alpha value is -2.65. The molecular formula is C16H16N2O6S. The lowest BCUT2D eigenvalue weighted by Gasteiger charge is -2.08. The van der Waals surface area contributed by atoms with Crippen molar-refractivity contribution in [3.8, 4) is 0 Å². The molecule has 25 heavy (non-hydrogen) atoms. The zero-order chi connectivity index (χ0) is 18.0. The highest BCUT2D eigenvalue weighted by atomic mass is 32.2. The standard InChI is InChI=1S/C16H16N2O6S/c19-15(17-9-12-6-7-14(24-12)16(20)21)10-2-1-3-13(8-10)25(22,23)18-11-4-5-11/h1-3,6-8,11,18H,4-5,9H2,(H,17,19)(H,20,21). The van der Waals surface area contributed by atoms with Gasteiger partial charge in [0.05, 0.1) is 11.4 Å². The Morgan fingerprint density at radius 3 is 2.60 bits per heavy atom. The van der Waals surface area contributed by atoms with E-state index in [4.69, 9.17) is 9.52 Å². The predicted octanol–water partition coefficient (Wildman–Crippen LogP) is 1.35. The third kappa shape index (κ3) is 4.25. The molecule has 0 saturated heterocycles. The number of aromatic carboxylic acids is 1. The molecule has 1 heterocycles. The van der Waals surface area contributed by atoms with E-state index >= 15 is 0 Å². The summed E-state index contributed by atoms with van der Waals surface area (Å²) in [6, 6.07) is 8.43. The zero-order valence-corrected chi connectivity index (χ0v) is 13.9. The van der Waals surface area contributed by atoms with Crippen LogP contribution in [0.3, 0.4) is 0 Å². The van der Waals surface area contributed by atoms with Crippen molar-refractivity contribution in [1.82, 2.24) is 10.0 Å². The molecule has 1 saturated carbocycles. The zero-order valence-electron chi connectivity index (χ0n) is 13.1. The molecule has 0 unspecified atom stereocenters. The first-order valence-electron chi connectivity index (χ1n) is 7.58. The van der Waals surface area contributed by atoms with E-state index in [-0.39, 0.29) is 34.6 Å². The number of rotatable bonds is 7. The molecule has 0 atom stereocenters. The fourth-order valence-corrected chi connectivity index (χ4v) is 3.50. The van der Waals surface area contributed by atoms with E-state index in [0.29, 0.717) is 0 Å². The number of carboxylic acids is 1. The van der Waals surface area contributed by atoms with E-state index < -0.39 is 21.9 Å². The fraction of sp³-hybridized carbons (Fsp3) is 0.250. The molecule has 1 amide bonds. The number of carbonyl (C=O) groups is 2. The second-order valence-electron chi connectivity index (χ2n) is 5.68. The number of hydrogen-bond donors (Lipinski definition) is 3. The Labute approximate surface area is 143 Å². The average molecular weight is 364 g/mol. The molecule has 1 aromatic carbocycles. The van der Waals surface area contributed by atoms with Crippen LogP contribution in [0.4, 0.5) is 0 Å². The number of benzene rings is 1. The molecule has 1 aliphatic carbocycles. The number of furan rings is 1. The molecule has 1 aromatic heterocycles. The van der Waals surface area contributed by atoms with Crippen LogP contribution in [0, 0.1) is 0 Å². The molecule has 3 rings (SSSR count). The summed E-state index contributed by atoms with van der Waals surface area (Å²) in [6.45, 7) is -0.0105. The normalized spacial score (nSPS) is 14.2. The number of sulfonamides is 1. The molecule has 1 aliphatic rings. The van der Waals surface area contributed by atoms with Gasteiger partial charge in [-0.1, -0.05) is 6.07 Å². The molecule has 8 nitrogen and oxygen atoms in total. The summed E-state index contributed by atoms with van der Waals surface area (Å²) in [4.78, 5) is 23.0. The minimum Gasteiger partial charge on any atom is -0.475 e. The lowest BCUT2D eigenvalue weighted by molar-refractivity contribution is 0.0660. The van der Waals surface area contributed by atoms with Crippen LogP contribution < -0.4 is 10.0 Å². The third-order valence-corrected chi connectivity index (χ3v) is 5.12. The Balaban J connectivity index is 1.67. The number of amides is 1. The Morgan fingerprint density at radius 1 is 1.20 bits per heavy atom. The minimum absolute atomic E-state index is 0.0105. The van der Waals surface area contributed by atoms with Gasteiger partial charge in [0.15, 0.2) is 0 Å². The van der Waals surface area contributed by atoms with Crippen molar-refractivity contribution < 1.29 is 27.5 Å². The molecule has 0 bridgehead atoms. The van der Waals surface area contributed by atoms with Crippen LogP contribution >= 0.6 is 0 Å². The van der Waals surface area contributed by atoms with Crippen LogP contribution in [-0.2, 0) is 16.6 Å². The molecular weight excluding hydrogens is 348 g/mol. The van der Waals surface area contributed by atoms with Crippen molar-refractivity contribution in [3.05, 3.63) is 53.5 Å². The maximum atomic E-state index is 12.2. The maximum Gasteiger partial charge on any atom is 0.371 e. The fourth-order valence-electron chi connectivity index (χ4n) is 2.15. The van der Waals surface area contributed by atoms with Crippen LogP contribution in [-0.4, -0.2) is 31.4 Å². The lowest BCUT2D eigenvalue weighted by Crippen LogP contribution is -2.27. The highest BCUT2D eigenvalue weighted by Crippen LogP contribution is 2.22. The number of nitrogens with one attached hydrogen (secondary N) is 2. The van der Waals surface area contributed by atoms with Gasteiger partial charge in [0, 0.05) is 11.6 Å². The summed E-state index contributed by atoms with van der Waals surface area (Å²) in [7, 11) is -3.64. The van der Waals surface area contributed by atoms with Gasteiger partial charge in [-0.25, -0.2) is 17.9 Å². The molecule has 9 heteroatoms. The van der Waals surface area contributed by atoms with Gasteiger partial charge in [-0.05, 0) is 43.2 Å². The Kier molecular flexibility index (Phi) is 4.60. The van der Waals surface area contributed by atoms with Gasteiger partial charge < -0.3 is 14.8 Å². The van der Waals surface area contributed by atoms with E-state index in [1.807, 2.05) is 0 Å². The minimum atomic E-state index is -3.64. The van der Waals surface area contributed by atoms with Crippen molar-refractivity contribution in [2.24, 2.45) is 0 Å². The van der Waals surface area contributed by atoms with E-state index in [2.05, 4.69) is 10.0 Å². The number of carboxylic acid groups (broad SMARTS) is 1. The molecule has 0 radical (unpaired) electrons. The SMILES string of the molecule is O=C(NCc1ccc(C(=O)O)o1)c1cccc(S(=O)(=O)NC2CC2)c1. The number of carbonyl (C=O) groups excluding carboxylic acids is 1. The first-order chi connectivity index (χ1) is 11.8. The van der Waals surface area contributed by atoms with Crippen LogP contribution in [0.5, 0.6) is 0 Å². The van der Waals surface area contributed by atoms with Crippen LogP contribution in [0.2, 0.25) is 0 Å². The maximum absolute atomic E-state index is 12.2. The van der Waals surface area contributed by atoms with Gasteiger partial charge in [-0.3, -0.25) is 4.79 Å². The highest BCUT2D eigenvalue weighted by Gasteiger charge is 2.28. The molecule has 3 N–H and O–H groups in total. The lowest BCUT2D eigenvalue weighted by atomic mass is 10.2. The second kappa shape index (κ2) is 6.69. The van der Waals surface area contributed by atoms with Gasteiger partial charge in [0.25, 0.3) is 5.91 Å². The predicted molar refractivity (Wildman–Crippen MR) is 86.6 cm³/mol. The largest absolute Gasteiger partial charge is 0.475 e. The monoisotopic (exact) mass is 364 g/mol. The molecule has 2 aromatic rings. The van der Waals surface area contributed by atoms with Gasteiger partial charge in [0.2, 0.25) is 15.8 Å². The summed E-state index contributed by atoms with van der Waals surface area (Å²) in [5.41, 5.74) is 0.184. The molecule has 0 spiro atoms. The molecule has 0 aliphatic heterocycles. The number of hydrogen-bond acceptors (Lipinski definition) is 5. The van der Waals surface area contributed by atoms with Crippen LogP contribution in [0.25, 0.3) is 0 Å². The van der Waals surface area contributed by atoms with Gasteiger partial charge in [0.1, 0.15) is 5.76 Å². The summed E-state index contributed by atoms with van der Waals surface area (Å²) in [5, 5.41) is 11.3. The van der Waals surface area contributed by atoms with E-state index in [9.17, 15) is 18.0 Å². The summed E-state index contributed by atoms with van der Waals surface area (Å²) in [6.07, 6.45) is 1.64. The van der Waals surface area contributed by atoms with Gasteiger partial charge in [-0.2, -0.15) is 0 Å². The van der Waals surface area contributed by atoms with Gasteiger partial charge in [-0.15, -0.1) is 0 Å². The summed E-state index contributed by atoms with van der Waals surface area (Å²) < 4.78 is 32.0. The van der Waals surface area contributed by atoms with E-state index in [1.165, 1.54) is 36.4 Å². The Morgan fingerprint density at radius 2 is 1.96 bits per heavy atom. The van der Waals surface area contributed by atoms with Crippen molar-refractivity contribution in [2.75, 3.05) is 0 Å². The Bertz CT molecular complexity index is 914. The third-order valence-electron chi connectivity index (χ3n) is 3.60. The van der Waals surface area contributed by atoms with Crippen molar-refractivity contribution in [3.63, 3.8) is 0 Å². The van der Waals surface area contributed by atoms with Crippen molar-refractivity contribution in [2.45, 2.75) is 30.3 Å². The van der Waals surface area contributed by atoms with E-state index in [0.717, 1.165) is 12.8 Å². The molecule has 132 valence electrons. The summed E-state index contributed by atoms with van der Waals surface area (Å²) >= 11 is 0. The van der Waals surface area contributed by atoms with Crippen LogP contribution in [0.1, 0.15) is 39.5 Å². The van der Waals surface area contributed by atoms with E-state index in [1.54, 1.807) is 0 Å².